The quantitative estimate of drug-likeness (QED) is 0.651. The second kappa shape index (κ2) is 6.91. The molecule has 2 aromatic carbocycles. The number of ether oxygens (including phenoxy) is 2. The van der Waals surface area contributed by atoms with Gasteiger partial charge in [-0.1, -0.05) is 36.1 Å². The van der Waals surface area contributed by atoms with E-state index in [1.54, 1.807) is 7.11 Å². The largest absolute Gasteiger partial charge is 0.497 e. The van der Waals surface area contributed by atoms with Crippen molar-refractivity contribution in [1.82, 2.24) is 4.90 Å². The molecule has 2 aliphatic rings. The minimum atomic E-state index is -0.518. The minimum absolute atomic E-state index is 0.0335. The first-order valence-corrected chi connectivity index (χ1v) is 9.63. The van der Waals surface area contributed by atoms with Crippen LogP contribution in [-0.4, -0.2) is 23.7 Å². The fourth-order valence-electron chi connectivity index (χ4n) is 4.14. The molecule has 1 unspecified atom stereocenters. The Morgan fingerprint density at radius 3 is 2.39 bits per heavy atom. The van der Waals surface area contributed by atoms with Crippen molar-refractivity contribution in [3.63, 3.8) is 0 Å². The summed E-state index contributed by atoms with van der Waals surface area (Å²) in [6, 6.07) is 16.0. The Kier molecular flexibility index (Phi) is 4.55. The van der Waals surface area contributed by atoms with E-state index in [1.165, 1.54) is 11.1 Å². The molecule has 4 nitrogen and oxygen atoms in total. The Balaban J connectivity index is 1.63. The molecule has 0 N–H and O–H groups in total. The maximum Gasteiger partial charge on any atom is 0.411 e. The third kappa shape index (κ3) is 3.33. The summed E-state index contributed by atoms with van der Waals surface area (Å²) in [6.45, 7) is 5.70. The van der Waals surface area contributed by atoms with Gasteiger partial charge in [0.25, 0.3) is 0 Å². The molecule has 0 spiro atoms. The fourth-order valence-corrected chi connectivity index (χ4v) is 4.14. The lowest BCUT2D eigenvalue weighted by atomic mass is 9.84. The van der Waals surface area contributed by atoms with Crippen LogP contribution in [0.4, 0.5) is 4.79 Å². The number of methoxy groups -OCH3 is 1. The van der Waals surface area contributed by atoms with Crippen LogP contribution in [0.1, 0.15) is 56.0 Å². The van der Waals surface area contributed by atoms with Crippen LogP contribution in [0.2, 0.25) is 0 Å². The van der Waals surface area contributed by atoms with Crippen LogP contribution >= 0.6 is 0 Å². The van der Waals surface area contributed by atoms with Crippen LogP contribution in [0.25, 0.3) is 0 Å². The van der Waals surface area contributed by atoms with Crippen molar-refractivity contribution in [2.75, 3.05) is 7.11 Å². The van der Waals surface area contributed by atoms with Crippen molar-refractivity contribution in [3.8, 4) is 17.6 Å². The maximum atomic E-state index is 12.9. The highest BCUT2D eigenvalue weighted by Gasteiger charge is 2.52. The highest BCUT2D eigenvalue weighted by Crippen LogP contribution is 2.56. The third-order valence-electron chi connectivity index (χ3n) is 5.26. The number of hydrogen-bond acceptors (Lipinski definition) is 3. The van der Waals surface area contributed by atoms with E-state index in [0.717, 1.165) is 17.7 Å². The Hall–Kier alpha value is -2.93. The summed E-state index contributed by atoms with van der Waals surface area (Å²) < 4.78 is 10.9. The Morgan fingerprint density at radius 2 is 1.75 bits per heavy atom. The number of fused-ring (bicyclic) bond motifs is 5. The second-order valence-corrected chi connectivity index (χ2v) is 8.32. The van der Waals surface area contributed by atoms with Crippen LogP contribution < -0.4 is 4.74 Å². The molecule has 0 saturated carbocycles. The molecule has 0 aliphatic carbocycles. The molecule has 1 saturated heterocycles. The van der Waals surface area contributed by atoms with Gasteiger partial charge in [-0.3, -0.25) is 4.90 Å². The van der Waals surface area contributed by atoms with E-state index in [1.807, 2.05) is 62.1 Å². The monoisotopic (exact) mass is 375 g/mol. The van der Waals surface area contributed by atoms with E-state index in [2.05, 4.69) is 24.0 Å². The zero-order valence-corrected chi connectivity index (χ0v) is 16.7. The van der Waals surface area contributed by atoms with E-state index in [9.17, 15) is 4.79 Å². The number of rotatable bonds is 1. The molecule has 0 aromatic heterocycles. The van der Waals surface area contributed by atoms with Crippen LogP contribution in [0, 0.1) is 17.8 Å². The van der Waals surface area contributed by atoms with Gasteiger partial charge < -0.3 is 9.47 Å². The number of nitrogens with zero attached hydrogens (tertiary/aromatic N) is 1. The van der Waals surface area contributed by atoms with Gasteiger partial charge in [-0.2, -0.15) is 0 Å². The fraction of sp³-hybridized carbons (Fsp3) is 0.375. The van der Waals surface area contributed by atoms with Crippen LogP contribution in [0.5, 0.6) is 5.75 Å². The summed E-state index contributed by atoms with van der Waals surface area (Å²) in [5.41, 5.74) is 2.84. The maximum absolute atomic E-state index is 12.9. The number of hydrogen-bond donors (Lipinski definition) is 0. The minimum Gasteiger partial charge on any atom is -0.497 e. The summed E-state index contributed by atoms with van der Waals surface area (Å²) >= 11 is 0. The smallest absolute Gasteiger partial charge is 0.411 e. The van der Waals surface area contributed by atoms with E-state index in [0.29, 0.717) is 0 Å². The highest BCUT2D eigenvalue weighted by molar-refractivity contribution is 5.72. The Bertz CT molecular complexity index is 946. The SMILES string of the molecule is COc1ccc(C#CC2C[C@@H]3c4ccccc4[C@H]2N3C(=O)OC(C)(C)C)cc1. The topological polar surface area (TPSA) is 38.8 Å². The zero-order chi connectivity index (χ0) is 19.9. The van der Waals surface area contributed by atoms with Gasteiger partial charge in [0, 0.05) is 11.5 Å². The molecule has 1 amide bonds. The molecule has 2 aromatic rings. The van der Waals surface area contributed by atoms with Gasteiger partial charge in [0.2, 0.25) is 0 Å². The normalized spacial score (nSPS) is 22.3. The summed E-state index contributed by atoms with van der Waals surface area (Å²) in [5.74, 6) is 7.60. The van der Waals surface area contributed by atoms with Gasteiger partial charge in [0.1, 0.15) is 11.4 Å². The van der Waals surface area contributed by atoms with E-state index < -0.39 is 5.60 Å². The van der Waals surface area contributed by atoms with Crippen LogP contribution in [0.15, 0.2) is 48.5 Å². The molecular weight excluding hydrogens is 350 g/mol. The lowest BCUT2D eigenvalue weighted by molar-refractivity contribution is 0.0170. The van der Waals surface area contributed by atoms with Gasteiger partial charge in [0.15, 0.2) is 0 Å². The molecule has 4 heteroatoms. The first-order chi connectivity index (χ1) is 13.4. The first kappa shape index (κ1) is 18.4. The molecule has 4 rings (SSSR count). The molecule has 1 fully saturated rings. The number of benzene rings is 2. The van der Waals surface area contributed by atoms with E-state index in [4.69, 9.17) is 9.47 Å². The molecule has 0 radical (unpaired) electrons. The van der Waals surface area contributed by atoms with E-state index in [-0.39, 0.29) is 24.1 Å². The van der Waals surface area contributed by atoms with Crippen molar-refractivity contribution < 1.29 is 14.3 Å². The van der Waals surface area contributed by atoms with Crippen molar-refractivity contribution in [2.45, 2.75) is 44.9 Å². The molecule has 2 heterocycles. The Morgan fingerprint density at radius 1 is 1.07 bits per heavy atom. The van der Waals surface area contributed by atoms with E-state index >= 15 is 0 Å². The standard InChI is InChI=1S/C24H25NO3/c1-24(2,3)28-23(26)25-21-15-17(22(25)20-8-6-5-7-19(20)21)12-9-16-10-13-18(27-4)14-11-16/h5-8,10-11,13-14,17,21-22H,15H2,1-4H3/t17?,21-,22+/m1/s1. The Labute approximate surface area is 166 Å². The summed E-state index contributed by atoms with van der Waals surface area (Å²) in [4.78, 5) is 14.8. The average molecular weight is 375 g/mol. The average Bonchev–Trinajstić information content (AvgIpc) is 3.20. The van der Waals surface area contributed by atoms with Crippen molar-refractivity contribution in [2.24, 2.45) is 5.92 Å². The zero-order valence-electron chi connectivity index (χ0n) is 16.7. The van der Waals surface area contributed by atoms with Crippen LogP contribution in [-0.2, 0) is 4.74 Å². The summed E-state index contributed by atoms with van der Waals surface area (Å²) in [7, 11) is 1.65. The lowest BCUT2D eigenvalue weighted by Crippen LogP contribution is -2.35. The number of carbonyl (C=O) groups is 1. The van der Waals surface area contributed by atoms with Gasteiger partial charge in [0.05, 0.1) is 19.2 Å². The molecule has 2 aliphatic heterocycles. The van der Waals surface area contributed by atoms with Crippen LogP contribution in [0.3, 0.4) is 0 Å². The second-order valence-electron chi connectivity index (χ2n) is 8.32. The van der Waals surface area contributed by atoms with Gasteiger partial charge in [-0.25, -0.2) is 4.79 Å². The molecule has 3 atom stereocenters. The van der Waals surface area contributed by atoms with Gasteiger partial charge in [-0.05, 0) is 62.6 Å². The first-order valence-electron chi connectivity index (χ1n) is 9.63. The molecule has 28 heavy (non-hydrogen) atoms. The number of amides is 1. The highest BCUT2D eigenvalue weighted by atomic mass is 16.6. The van der Waals surface area contributed by atoms with Gasteiger partial charge in [-0.15, -0.1) is 0 Å². The molecule has 2 bridgehead atoms. The predicted octanol–water partition coefficient (Wildman–Crippen LogP) is 5.10. The van der Waals surface area contributed by atoms with Gasteiger partial charge >= 0.3 is 6.09 Å². The molecular formula is C24H25NO3. The van der Waals surface area contributed by atoms with Crippen molar-refractivity contribution in [3.05, 3.63) is 65.2 Å². The lowest BCUT2D eigenvalue weighted by Gasteiger charge is -2.28. The summed E-state index contributed by atoms with van der Waals surface area (Å²) in [5, 5.41) is 0. The predicted molar refractivity (Wildman–Crippen MR) is 108 cm³/mol. The number of carbonyl (C=O) groups excluding carboxylic acids is 1. The van der Waals surface area contributed by atoms with Crippen molar-refractivity contribution in [1.29, 1.82) is 0 Å². The van der Waals surface area contributed by atoms with Crippen molar-refractivity contribution >= 4 is 6.09 Å². The molecule has 144 valence electrons. The summed E-state index contributed by atoms with van der Waals surface area (Å²) in [6.07, 6.45) is 0.580. The third-order valence-corrected chi connectivity index (χ3v) is 5.26.